The summed E-state index contributed by atoms with van der Waals surface area (Å²) in [6.07, 6.45) is 5.86. The number of hydrogen-bond acceptors (Lipinski definition) is 3. The summed E-state index contributed by atoms with van der Waals surface area (Å²) >= 11 is 0. The third kappa shape index (κ3) is 6.22. The Morgan fingerprint density at radius 3 is 2.25 bits per heavy atom. The Bertz CT molecular complexity index is 555. The maximum absolute atomic E-state index is 12.1. The average molecular weight is 331 g/mol. The van der Waals surface area contributed by atoms with Gasteiger partial charge in [-0.3, -0.25) is 9.59 Å². The Kier molecular flexibility index (Phi) is 6.23. The lowest BCUT2D eigenvalue weighted by molar-refractivity contribution is -0.120. The van der Waals surface area contributed by atoms with Crippen molar-refractivity contribution in [2.24, 2.45) is 0 Å². The minimum Gasteiger partial charge on any atom is -0.376 e. The minimum absolute atomic E-state index is 0.0245. The van der Waals surface area contributed by atoms with Crippen LogP contribution < -0.4 is 16.0 Å². The Hall–Kier alpha value is -2.04. The second kappa shape index (κ2) is 8.18. The molecule has 0 saturated heterocycles. The van der Waals surface area contributed by atoms with Crippen molar-refractivity contribution in [3.05, 3.63) is 29.8 Å². The smallest absolute Gasteiger partial charge is 0.251 e. The molecule has 1 aliphatic carbocycles. The van der Waals surface area contributed by atoms with E-state index >= 15 is 0 Å². The first-order valence-corrected chi connectivity index (χ1v) is 8.79. The maximum Gasteiger partial charge on any atom is 0.251 e. The normalized spacial score (nSPS) is 15.6. The molecule has 0 heterocycles. The van der Waals surface area contributed by atoms with Crippen LogP contribution in [0.3, 0.4) is 0 Å². The predicted octanol–water partition coefficient (Wildman–Crippen LogP) is 3.08. The van der Waals surface area contributed by atoms with Gasteiger partial charge in [0.25, 0.3) is 5.91 Å². The zero-order chi connectivity index (χ0) is 17.6. The summed E-state index contributed by atoms with van der Waals surface area (Å²) in [5, 5.41) is 9.11. The van der Waals surface area contributed by atoms with E-state index in [9.17, 15) is 9.59 Å². The Morgan fingerprint density at radius 1 is 1.04 bits per heavy atom. The molecule has 1 aliphatic rings. The number of benzene rings is 1. The molecule has 0 spiro atoms. The van der Waals surface area contributed by atoms with Crippen LogP contribution in [0.1, 0.15) is 63.2 Å². The largest absolute Gasteiger partial charge is 0.376 e. The lowest BCUT2D eigenvalue weighted by atomic mass is 9.95. The van der Waals surface area contributed by atoms with Gasteiger partial charge in [0.2, 0.25) is 5.91 Å². The van der Waals surface area contributed by atoms with E-state index in [-0.39, 0.29) is 23.9 Å². The van der Waals surface area contributed by atoms with Crippen LogP contribution in [0.2, 0.25) is 0 Å². The maximum atomic E-state index is 12.1. The highest BCUT2D eigenvalue weighted by atomic mass is 16.2. The van der Waals surface area contributed by atoms with Gasteiger partial charge in [-0.25, -0.2) is 0 Å². The third-order valence-corrected chi connectivity index (χ3v) is 4.06. The van der Waals surface area contributed by atoms with Gasteiger partial charge in [-0.05, 0) is 57.9 Å². The van der Waals surface area contributed by atoms with E-state index in [1.54, 1.807) is 12.1 Å². The third-order valence-electron chi connectivity index (χ3n) is 4.06. The van der Waals surface area contributed by atoms with Crippen molar-refractivity contribution in [3.8, 4) is 0 Å². The molecule has 0 unspecified atom stereocenters. The van der Waals surface area contributed by atoms with Crippen LogP contribution in [-0.4, -0.2) is 29.9 Å². The van der Waals surface area contributed by atoms with Crippen molar-refractivity contribution in [3.63, 3.8) is 0 Å². The quantitative estimate of drug-likeness (QED) is 0.776. The second-order valence-corrected chi connectivity index (χ2v) is 7.54. The first-order valence-electron chi connectivity index (χ1n) is 8.79. The number of amides is 2. The Balaban J connectivity index is 1.79. The van der Waals surface area contributed by atoms with Gasteiger partial charge in [-0.15, -0.1) is 0 Å². The highest BCUT2D eigenvalue weighted by molar-refractivity contribution is 5.95. The molecule has 0 atom stereocenters. The summed E-state index contributed by atoms with van der Waals surface area (Å²) in [5.41, 5.74) is 1.19. The van der Waals surface area contributed by atoms with Crippen LogP contribution in [0, 0.1) is 0 Å². The number of hydrogen-bond donors (Lipinski definition) is 3. The van der Waals surface area contributed by atoms with E-state index in [1.807, 2.05) is 32.9 Å². The second-order valence-electron chi connectivity index (χ2n) is 7.54. The SMILES string of the molecule is CC(C)(C)NC(=O)c1ccc(NCC(=O)NC2CCCCC2)cc1. The first-order chi connectivity index (χ1) is 11.3. The van der Waals surface area contributed by atoms with Gasteiger partial charge in [-0.2, -0.15) is 0 Å². The van der Waals surface area contributed by atoms with Crippen molar-refractivity contribution in [1.29, 1.82) is 0 Å². The summed E-state index contributed by atoms with van der Waals surface area (Å²) in [4.78, 5) is 24.0. The van der Waals surface area contributed by atoms with Gasteiger partial charge in [-0.1, -0.05) is 19.3 Å². The van der Waals surface area contributed by atoms with Crippen molar-refractivity contribution in [1.82, 2.24) is 10.6 Å². The van der Waals surface area contributed by atoms with Crippen LogP contribution in [0.15, 0.2) is 24.3 Å². The number of carbonyl (C=O) groups is 2. The highest BCUT2D eigenvalue weighted by Crippen LogP contribution is 2.17. The molecule has 0 aromatic heterocycles. The molecule has 0 radical (unpaired) electrons. The number of rotatable bonds is 5. The van der Waals surface area contributed by atoms with Crippen LogP contribution in [-0.2, 0) is 4.79 Å². The van der Waals surface area contributed by atoms with Gasteiger partial charge >= 0.3 is 0 Å². The standard InChI is InChI=1S/C19H29N3O2/c1-19(2,3)22-18(24)14-9-11-15(12-10-14)20-13-17(23)21-16-7-5-4-6-8-16/h9-12,16,20H,4-8,13H2,1-3H3,(H,21,23)(H,22,24). The molecule has 1 aromatic rings. The van der Waals surface area contributed by atoms with Crippen LogP contribution in [0.5, 0.6) is 0 Å². The molecule has 3 N–H and O–H groups in total. The van der Waals surface area contributed by atoms with Gasteiger partial charge in [0, 0.05) is 22.8 Å². The fourth-order valence-electron chi connectivity index (χ4n) is 2.86. The molecule has 132 valence electrons. The summed E-state index contributed by atoms with van der Waals surface area (Å²) in [5.74, 6) is -0.0689. The van der Waals surface area contributed by atoms with Gasteiger partial charge < -0.3 is 16.0 Å². The Labute approximate surface area is 144 Å². The molecule has 5 nitrogen and oxygen atoms in total. The average Bonchev–Trinajstić information content (AvgIpc) is 2.53. The van der Waals surface area contributed by atoms with E-state index < -0.39 is 0 Å². The molecule has 1 aromatic carbocycles. The summed E-state index contributed by atoms with van der Waals surface area (Å²) in [6.45, 7) is 6.10. The molecule has 5 heteroatoms. The zero-order valence-electron chi connectivity index (χ0n) is 14.9. The van der Waals surface area contributed by atoms with E-state index in [2.05, 4.69) is 16.0 Å². The van der Waals surface area contributed by atoms with Gasteiger partial charge in [0.1, 0.15) is 0 Å². The number of nitrogens with one attached hydrogen (secondary N) is 3. The predicted molar refractivity (Wildman–Crippen MR) is 97.2 cm³/mol. The van der Waals surface area contributed by atoms with Crippen molar-refractivity contribution < 1.29 is 9.59 Å². The van der Waals surface area contributed by atoms with E-state index in [1.165, 1.54) is 19.3 Å². The minimum atomic E-state index is -0.259. The van der Waals surface area contributed by atoms with Gasteiger partial charge in [0.15, 0.2) is 0 Å². The monoisotopic (exact) mass is 331 g/mol. The Morgan fingerprint density at radius 2 is 1.67 bits per heavy atom. The topological polar surface area (TPSA) is 70.2 Å². The van der Waals surface area contributed by atoms with E-state index in [4.69, 9.17) is 0 Å². The molecular weight excluding hydrogens is 302 g/mol. The van der Waals surface area contributed by atoms with Crippen LogP contribution in [0.4, 0.5) is 5.69 Å². The highest BCUT2D eigenvalue weighted by Gasteiger charge is 2.16. The van der Waals surface area contributed by atoms with Crippen molar-refractivity contribution in [2.75, 3.05) is 11.9 Å². The lowest BCUT2D eigenvalue weighted by Gasteiger charge is -2.23. The lowest BCUT2D eigenvalue weighted by Crippen LogP contribution is -2.40. The fourth-order valence-corrected chi connectivity index (χ4v) is 2.86. The number of anilines is 1. The first kappa shape index (κ1) is 18.3. The summed E-state index contributed by atoms with van der Waals surface area (Å²) < 4.78 is 0. The molecule has 24 heavy (non-hydrogen) atoms. The van der Waals surface area contributed by atoms with E-state index in [0.29, 0.717) is 11.6 Å². The molecule has 0 bridgehead atoms. The molecular formula is C19H29N3O2. The molecule has 2 rings (SSSR count). The molecule has 1 fully saturated rings. The summed E-state index contributed by atoms with van der Waals surface area (Å²) in [6, 6.07) is 7.51. The number of carbonyl (C=O) groups excluding carboxylic acids is 2. The van der Waals surface area contributed by atoms with Crippen LogP contribution >= 0.6 is 0 Å². The molecule has 1 saturated carbocycles. The fraction of sp³-hybridized carbons (Fsp3) is 0.579. The van der Waals surface area contributed by atoms with Crippen LogP contribution in [0.25, 0.3) is 0 Å². The zero-order valence-corrected chi connectivity index (χ0v) is 14.9. The molecule has 2 amide bonds. The summed E-state index contributed by atoms with van der Waals surface area (Å²) in [7, 11) is 0. The van der Waals surface area contributed by atoms with Crippen molar-refractivity contribution in [2.45, 2.75) is 64.5 Å². The van der Waals surface area contributed by atoms with Crippen molar-refractivity contribution >= 4 is 17.5 Å². The van der Waals surface area contributed by atoms with Gasteiger partial charge in [0.05, 0.1) is 6.54 Å². The molecule has 0 aliphatic heterocycles. The van der Waals surface area contributed by atoms with E-state index in [0.717, 1.165) is 18.5 Å².